The number of phenols is 1. The van der Waals surface area contributed by atoms with Gasteiger partial charge in [0.05, 0.1) is 12.7 Å². The average Bonchev–Trinajstić information content (AvgIpc) is 2.47. The van der Waals surface area contributed by atoms with Crippen LogP contribution in [0.4, 0.5) is 0 Å². The first kappa shape index (κ1) is 14.6. The summed E-state index contributed by atoms with van der Waals surface area (Å²) < 4.78 is 6.02. The highest BCUT2D eigenvalue weighted by atomic mass is 127. The lowest BCUT2D eigenvalue weighted by Gasteiger charge is -2.08. The normalized spacial score (nSPS) is 10.1. The van der Waals surface area contributed by atoms with Crippen LogP contribution in [0.5, 0.6) is 11.5 Å². The summed E-state index contributed by atoms with van der Waals surface area (Å²) >= 11 is 2.10. The van der Waals surface area contributed by atoms with Crippen molar-refractivity contribution in [1.82, 2.24) is 5.32 Å². The van der Waals surface area contributed by atoms with Crippen LogP contribution in [0.2, 0.25) is 0 Å². The van der Waals surface area contributed by atoms with Crippen molar-refractivity contribution < 1.29 is 14.6 Å². The molecule has 0 bridgehead atoms. The minimum Gasteiger partial charge on any atom is -0.507 e. The lowest BCUT2D eigenvalue weighted by molar-refractivity contribution is 0.0948. The summed E-state index contributed by atoms with van der Waals surface area (Å²) in [6.45, 7) is 0.376. The van der Waals surface area contributed by atoms with Gasteiger partial charge in [-0.25, -0.2) is 0 Å². The third-order valence-electron chi connectivity index (χ3n) is 2.79. The highest BCUT2D eigenvalue weighted by Gasteiger charge is 2.11. The Hall–Kier alpha value is -1.76. The molecular formula is C15H14INO3. The van der Waals surface area contributed by atoms with E-state index >= 15 is 0 Å². The molecule has 2 rings (SSSR count). The molecule has 20 heavy (non-hydrogen) atoms. The van der Waals surface area contributed by atoms with Crippen LogP contribution in [0, 0.1) is 3.57 Å². The van der Waals surface area contributed by atoms with E-state index in [0.29, 0.717) is 6.54 Å². The average molecular weight is 383 g/mol. The third kappa shape index (κ3) is 3.63. The smallest absolute Gasteiger partial charge is 0.255 e. The maximum absolute atomic E-state index is 12.0. The Labute approximate surface area is 130 Å². The fourth-order valence-corrected chi connectivity index (χ4v) is 2.24. The molecule has 2 N–H and O–H groups in total. The zero-order valence-corrected chi connectivity index (χ0v) is 13.0. The van der Waals surface area contributed by atoms with Gasteiger partial charge in [0, 0.05) is 10.1 Å². The Bertz CT molecular complexity index is 628. The summed E-state index contributed by atoms with van der Waals surface area (Å²) in [5.74, 6) is 0.422. The topological polar surface area (TPSA) is 58.6 Å². The number of rotatable bonds is 4. The molecule has 2 aromatic carbocycles. The first-order chi connectivity index (χ1) is 9.60. The van der Waals surface area contributed by atoms with Gasteiger partial charge in [0.25, 0.3) is 5.91 Å². The van der Waals surface area contributed by atoms with Gasteiger partial charge in [0.2, 0.25) is 0 Å². The van der Waals surface area contributed by atoms with Crippen LogP contribution in [0.15, 0.2) is 42.5 Å². The number of phenolic OH excluding ortho intramolecular Hbond substituents is 1. The molecule has 0 aliphatic rings. The second-order valence-corrected chi connectivity index (χ2v) is 5.44. The van der Waals surface area contributed by atoms with Crippen molar-refractivity contribution in [2.24, 2.45) is 0 Å². The number of methoxy groups -OCH3 is 1. The molecule has 0 saturated carbocycles. The number of amides is 1. The first-order valence-corrected chi connectivity index (χ1v) is 7.07. The van der Waals surface area contributed by atoms with Crippen molar-refractivity contribution in [3.05, 3.63) is 57.2 Å². The number of hydrogen-bond acceptors (Lipinski definition) is 3. The van der Waals surface area contributed by atoms with Crippen molar-refractivity contribution in [3.8, 4) is 11.5 Å². The molecule has 0 spiro atoms. The molecule has 0 unspecified atom stereocenters. The van der Waals surface area contributed by atoms with Gasteiger partial charge in [-0.2, -0.15) is 0 Å². The third-order valence-corrected chi connectivity index (χ3v) is 3.46. The van der Waals surface area contributed by atoms with Crippen molar-refractivity contribution in [2.75, 3.05) is 7.11 Å². The Morgan fingerprint density at radius 2 is 2.10 bits per heavy atom. The van der Waals surface area contributed by atoms with Crippen LogP contribution < -0.4 is 10.1 Å². The molecule has 0 aliphatic carbocycles. The number of hydrogen-bond donors (Lipinski definition) is 2. The van der Waals surface area contributed by atoms with Crippen molar-refractivity contribution in [2.45, 2.75) is 6.54 Å². The van der Waals surface area contributed by atoms with Gasteiger partial charge >= 0.3 is 0 Å². The summed E-state index contributed by atoms with van der Waals surface area (Å²) in [7, 11) is 1.60. The summed E-state index contributed by atoms with van der Waals surface area (Å²) in [4.78, 5) is 12.0. The predicted molar refractivity (Wildman–Crippen MR) is 85.0 cm³/mol. The van der Waals surface area contributed by atoms with Gasteiger partial charge in [0.1, 0.15) is 11.5 Å². The van der Waals surface area contributed by atoms with Crippen LogP contribution in [-0.4, -0.2) is 18.1 Å². The highest BCUT2D eigenvalue weighted by Crippen LogP contribution is 2.19. The highest BCUT2D eigenvalue weighted by molar-refractivity contribution is 14.1. The van der Waals surface area contributed by atoms with E-state index in [9.17, 15) is 9.90 Å². The number of halogens is 1. The van der Waals surface area contributed by atoms with Gasteiger partial charge in [-0.3, -0.25) is 4.79 Å². The zero-order valence-electron chi connectivity index (χ0n) is 10.9. The van der Waals surface area contributed by atoms with E-state index < -0.39 is 0 Å². The number of benzene rings is 2. The zero-order chi connectivity index (χ0) is 14.5. The second kappa shape index (κ2) is 6.60. The maximum Gasteiger partial charge on any atom is 0.255 e. The van der Waals surface area contributed by atoms with E-state index in [0.717, 1.165) is 14.9 Å². The summed E-state index contributed by atoms with van der Waals surface area (Å²) in [6, 6.07) is 12.4. The monoisotopic (exact) mass is 383 g/mol. The van der Waals surface area contributed by atoms with Crippen molar-refractivity contribution >= 4 is 28.5 Å². The molecule has 0 radical (unpaired) electrons. The van der Waals surface area contributed by atoms with E-state index in [1.807, 2.05) is 24.3 Å². The summed E-state index contributed by atoms with van der Waals surface area (Å²) in [6.07, 6.45) is 0. The molecule has 2 aromatic rings. The van der Waals surface area contributed by atoms with E-state index in [2.05, 4.69) is 27.9 Å². The fraction of sp³-hybridized carbons (Fsp3) is 0.133. The number of nitrogens with one attached hydrogen (secondary N) is 1. The Balaban J connectivity index is 2.06. The molecule has 0 heterocycles. The molecular weight excluding hydrogens is 369 g/mol. The molecule has 0 fully saturated rings. The van der Waals surface area contributed by atoms with E-state index in [1.54, 1.807) is 19.2 Å². The molecule has 4 nitrogen and oxygen atoms in total. The lowest BCUT2D eigenvalue weighted by Crippen LogP contribution is -2.23. The van der Waals surface area contributed by atoms with E-state index in [4.69, 9.17) is 4.74 Å². The number of carbonyl (C=O) groups is 1. The standard InChI is InChI=1S/C15H14INO3/c1-20-12-4-2-3-10(7-12)9-17-15(19)13-8-11(16)5-6-14(13)18/h2-8,18H,9H2,1H3,(H,17,19). The SMILES string of the molecule is COc1cccc(CNC(=O)c2cc(I)ccc2O)c1. The molecule has 5 heteroatoms. The van der Waals surface area contributed by atoms with Crippen LogP contribution in [0.1, 0.15) is 15.9 Å². The lowest BCUT2D eigenvalue weighted by atomic mass is 10.1. The molecule has 0 aliphatic heterocycles. The quantitative estimate of drug-likeness (QED) is 0.799. The number of ether oxygens (including phenoxy) is 1. The summed E-state index contributed by atoms with van der Waals surface area (Å²) in [5, 5.41) is 12.5. The van der Waals surface area contributed by atoms with Crippen LogP contribution in [-0.2, 0) is 6.54 Å². The van der Waals surface area contributed by atoms with Gasteiger partial charge in [0.15, 0.2) is 0 Å². The largest absolute Gasteiger partial charge is 0.507 e. The molecule has 104 valence electrons. The predicted octanol–water partition coefficient (Wildman–Crippen LogP) is 2.94. The Morgan fingerprint density at radius 3 is 2.85 bits per heavy atom. The van der Waals surface area contributed by atoms with Gasteiger partial charge in [-0.15, -0.1) is 0 Å². The molecule has 0 saturated heterocycles. The fourth-order valence-electron chi connectivity index (χ4n) is 1.75. The minimum absolute atomic E-state index is 0.0199. The van der Waals surface area contributed by atoms with Crippen molar-refractivity contribution in [3.63, 3.8) is 0 Å². The Kier molecular flexibility index (Phi) is 4.84. The minimum atomic E-state index is -0.302. The van der Waals surface area contributed by atoms with Gasteiger partial charge in [-0.1, -0.05) is 12.1 Å². The van der Waals surface area contributed by atoms with Crippen LogP contribution in [0.25, 0.3) is 0 Å². The number of aromatic hydroxyl groups is 1. The number of carbonyl (C=O) groups excluding carboxylic acids is 1. The van der Waals surface area contributed by atoms with E-state index in [1.165, 1.54) is 6.07 Å². The van der Waals surface area contributed by atoms with Crippen LogP contribution >= 0.6 is 22.6 Å². The van der Waals surface area contributed by atoms with Crippen LogP contribution in [0.3, 0.4) is 0 Å². The van der Waals surface area contributed by atoms with Gasteiger partial charge < -0.3 is 15.2 Å². The Morgan fingerprint density at radius 1 is 1.30 bits per heavy atom. The van der Waals surface area contributed by atoms with E-state index in [-0.39, 0.29) is 17.2 Å². The molecule has 0 atom stereocenters. The molecule has 0 aromatic heterocycles. The van der Waals surface area contributed by atoms with Gasteiger partial charge in [-0.05, 0) is 58.5 Å². The molecule has 1 amide bonds. The summed E-state index contributed by atoms with van der Waals surface area (Å²) in [5.41, 5.74) is 1.21. The first-order valence-electron chi connectivity index (χ1n) is 6.00. The maximum atomic E-state index is 12.0. The second-order valence-electron chi connectivity index (χ2n) is 4.20. The van der Waals surface area contributed by atoms with Crippen molar-refractivity contribution in [1.29, 1.82) is 0 Å².